The molecule has 0 saturated heterocycles. The van der Waals surface area contributed by atoms with E-state index in [1.807, 2.05) is 0 Å². The van der Waals surface area contributed by atoms with Crippen LogP contribution in [0.4, 0.5) is 0 Å². The summed E-state index contributed by atoms with van der Waals surface area (Å²) >= 11 is 0. The molecule has 2 rings (SSSR count). The third-order valence-electron chi connectivity index (χ3n) is 4.64. The minimum absolute atomic E-state index is 0.0302. The Labute approximate surface area is 99.8 Å². The highest BCUT2D eigenvalue weighted by Gasteiger charge is 2.33. The fourth-order valence-corrected chi connectivity index (χ4v) is 3.33. The van der Waals surface area contributed by atoms with E-state index in [2.05, 4.69) is 19.2 Å². The summed E-state index contributed by atoms with van der Waals surface area (Å²) in [5.41, 5.74) is 0.467. The highest BCUT2D eigenvalue weighted by molar-refractivity contribution is 4.91. The van der Waals surface area contributed by atoms with Crippen LogP contribution in [0.15, 0.2) is 0 Å². The van der Waals surface area contributed by atoms with Crippen LogP contribution in [0.1, 0.15) is 65.2 Å². The van der Waals surface area contributed by atoms with Gasteiger partial charge >= 0.3 is 0 Å². The SMILES string of the molecule is CC1(C)CCCCC1NC1CCC(O)CC1. The number of hydrogen-bond acceptors (Lipinski definition) is 2. The van der Waals surface area contributed by atoms with Gasteiger partial charge in [0.15, 0.2) is 0 Å². The average molecular weight is 225 g/mol. The van der Waals surface area contributed by atoms with Gasteiger partial charge in [-0.25, -0.2) is 0 Å². The maximum absolute atomic E-state index is 9.51. The molecule has 0 aromatic carbocycles. The van der Waals surface area contributed by atoms with Gasteiger partial charge in [-0.1, -0.05) is 26.7 Å². The number of aliphatic hydroxyl groups excluding tert-OH is 1. The molecular weight excluding hydrogens is 198 g/mol. The van der Waals surface area contributed by atoms with Crippen molar-refractivity contribution in [3.63, 3.8) is 0 Å². The number of nitrogens with one attached hydrogen (secondary N) is 1. The molecule has 2 saturated carbocycles. The van der Waals surface area contributed by atoms with Gasteiger partial charge in [0.1, 0.15) is 0 Å². The van der Waals surface area contributed by atoms with E-state index in [1.165, 1.54) is 25.7 Å². The predicted octanol–water partition coefficient (Wildman–Crippen LogP) is 2.85. The van der Waals surface area contributed by atoms with Crippen LogP contribution in [-0.4, -0.2) is 23.3 Å². The van der Waals surface area contributed by atoms with Crippen LogP contribution in [0.3, 0.4) is 0 Å². The van der Waals surface area contributed by atoms with Gasteiger partial charge in [-0.3, -0.25) is 0 Å². The molecule has 2 aliphatic carbocycles. The zero-order valence-corrected chi connectivity index (χ0v) is 10.8. The summed E-state index contributed by atoms with van der Waals surface area (Å²) in [6.07, 6.45) is 9.76. The topological polar surface area (TPSA) is 32.3 Å². The summed E-state index contributed by atoms with van der Waals surface area (Å²) in [5.74, 6) is 0. The van der Waals surface area contributed by atoms with Crippen LogP contribution in [0.2, 0.25) is 0 Å². The third-order valence-corrected chi connectivity index (χ3v) is 4.64. The predicted molar refractivity (Wildman–Crippen MR) is 67.4 cm³/mol. The Morgan fingerprint density at radius 1 is 1.00 bits per heavy atom. The highest BCUT2D eigenvalue weighted by Crippen LogP contribution is 2.36. The van der Waals surface area contributed by atoms with E-state index in [9.17, 15) is 5.11 Å². The van der Waals surface area contributed by atoms with Gasteiger partial charge in [0.2, 0.25) is 0 Å². The van der Waals surface area contributed by atoms with Crippen molar-refractivity contribution >= 4 is 0 Å². The van der Waals surface area contributed by atoms with E-state index < -0.39 is 0 Å². The first-order valence-corrected chi connectivity index (χ1v) is 7.02. The average Bonchev–Trinajstić information content (AvgIpc) is 2.24. The van der Waals surface area contributed by atoms with Crippen molar-refractivity contribution in [2.24, 2.45) is 5.41 Å². The molecule has 2 nitrogen and oxygen atoms in total. The van der Waals surface area contributed by atoms with Crippen molar-refractivity contribution < 1.29 is 5.11 Å². The van der Waals surface area contributed by atoms with Gasteiger partial charge < -0.3 is 10.4 Å². The lowest BCUT2D eigenvalue weighted by Crippen LogP contribution is -2.49. The Kier molecular flexibility index (Phi) is 3.91. The fraction of sp³-hybridized carbons (Fsp3) is 1.00. The molecule has 0 amide bonds. The molecule has 2 aliphatic rings. The van der Waals surface area contributed by atoms with Crippen LogP contribution in [0, 0.1) is 5.41 Å². The van der Waals surface area contributed by atoms with Crippen LogP contribution in [-0.2, 0) is 0 Å². The quantitative estimate of drug-likeness (QED) is 0.757. The third kappa shape index (κ3) is 2.98. The Balaban J connectivity index is 1.84. The standard InChI is InChI=1S/C14H27NO/c1-14(2)10-4-3-5-13(14)15-11-6-8-12(16)9-7-11/h11-13,15-16H,3-10H2,1-2H3. The summed E-state index contributed by atoms with van der Waals surface area (Å²) in [6.45, 7) is 4.81. The van der Waals surface area contributed by atoms with Gasteiger partial charge in [-0.05, 0) is 43.9 Å². The molecule has 2 N–H and O–H groups in total. The molecule has 1 unspecified atom stereocenters. The Bertz CT molecular complexity index is 219. The number of aliphatic hydroxyl groups is 1. The lowest BCUT2D eigenvalue weighted by atomic mass is 9.72. The van der Waals surface area contributed by atoms with Gasteiger partial charge in [0.25, 0.3) is 0 Å². The molecule has 0 aliphatic heterocycles. The molecule has 2 fully saturated rings. The maximum atomic E-state index is 9.51. The molecule has 0 bridgehead atoms. The molecule has 0 heterocycles. The van der Waals surface area contributed by atoms with Gasteiger partial charge in [0.05, 0.1) is 6.10 Å². The second kappa shape index (κ2) is 5.05. The highest BCUT2D eigenvalue weighted by atomic mass is 16.3. The number of hydrogen-bond donors (Lipinski definition) is 2. The van der Waals surface area contributed by atoms with Crippen molar-refractivity contribution in [1.29, 1.82) is 0 Å². The molecule has 2 heteroatoms. The van der Waals surface area contributed by atoms with Crippen LogP contribution in [0.25, 0.3) is 0 Å². The van der Waals surface area contributed by atoms with Gasteiger partial charge in [-0.2, -0.15) is 0 Å². The second-order valence-corrected chi connectivity index (χ2v) is 6.46. The molecule has 0 aromatic rings. The fourth-order valence-electron chi connectivity index (χ4n) is 3.33. The smallest absolute Gasteiger partial charge is 0.0541 e. The lowest BCUT2D eigenvalue weighted by Gasteiger charge is -2.42. The zero-order chi connectivity index (χ0) is 11.6. The Morgan fingerprint density at radius 3 is 2.31 bits per heavy atom. The maximum Gasteiger partial charge on any atom is 0.0541 e. The summed E-state index contributed by atoms with van der Waals surface area (Å²) in [6, 6.07) is 1.35. The van der Waals surface area contributed by atoms with Gasteiger partial charge in [0, 0.05) is 12.1 Å². The van der Waals surface area contributed by atoms with Crippen LogP contribution in [0.5, 0.6) is 0 Å². The summed E-state index contributed by atoms with van der Waals surface area (Å²) in [7, 11) is 0. The van der Waals surface area contributed by atoms with E-state index >= 15 is 0 Å². The van der Waals surface area contributed by atoms with Crippen molar-refractivity contribution in [2.45, 2.75) is 83.4 Å². The largest absolute Gasteiger partial charge is 0.393 e. The van der Waals surface area contributed by atoms with Crippen molar-refractivity contribution in [1.82, 2.24) is 5.32 Å². The van der Waals surface area contributed by atoms with E-state index in [-0.39, 0.29) is 6.10 Å². The van der Waals surface area contributed by atoms with E-state index in [4.69, 9.17) is 0 Å². The first-order chi connectivity index (χ1) is 7.58. The molecule has 16 heavy (non-hydrogen) atoms. The zero-order valence-electron chi connectivity index (χ0n) is 10.8. The number of rotatable bonds is 2. The summed E-state index contributed by atoms with van der Waals surface area (Å²) in [5, 5.41) is 13.4. The lowest BCUT2D eigenvalue weighted by molar-refractivity contribution is 0.0961. The van der Waals surface area contributed by atoms with Crippen molar-refractivity contribution in [3.8, 4) is 0 Å². The minimum Gasteiger partial charge on any atom is -0.393 e. The monoisotopic (exact) mass is 225 g/mol. The van der Waals surface area contributed by atoms with E-state index in [1.54, 1.807) is 0 Å². The van der Waals surface area contributed by atoms with Crippen LogP contribution >= 0.6 is 0 Å². The molecule has 0 spiro atoms. The summed E-state index contributed by atoms with van der Waals surface area (Å²) < 4.78 is 0. The Hall–Kier alpha value is -0.0800. The van der Waals surface area contributed by atoms with Crippen molar-refractivity contribution in [2.75, 3.05) is 0 Å². The molecule has 94 valence electrons. The van der Waals surface area contributed by atoms with Crippen LogP contribution < -0.4 is 5.32 Å². The van der Waals surface area contributed by atoms with Crippen molar-refractivity contribution in [3.05, 3.63) is 0 Å². The normalized spacial score (nSPS) is 39.6. The summed E-state index contributed by atoms with van der Waals surface area (Å²) in [4.78, 5) is 0. The van der Waals surface area contributed by atoms with E-state index in [0.717, 1.165) is 25.7 Å². The minimum atomic E-state index is -0.0302. The van der Waals surface area contributed by atoms with E-state index in [0.29, 0.717) is 17.5 Å². The first kappa shape index (κ1) is 12.4. The Morgan fingerprint density at radius 2 is 1.69 bits per heavy atom. The van der Waals surface area contributed by atoms with Gasteiger partial charge in [-0.15, -0.1) is 0 Å². The molecule has 1 atom stereocenters. The molecular formula is C14H27NO. The molecule has 0 radical (unpaired) electrons. The first-order valence-electron chi connectivity index (χ1n) is 7.02. The molecule has 0 aromatic heterocycles. The second-order valence-electron chi connectivity index (χ2n) is 6.46.